The SMILES string of the molecule is C1CC1.FC(F)(F)c1ccc(P)cc1.OCC1NCc2cn[nH]c21. The molecule has 2 atom stereocenters. The molecule has 1 saturated carbocycles. The fourth-order valence-corrected chi connectivity index (χ4v) is 2.12. The minimum Gasteiger partial charge on any atom is -0.394 e. The maximum atomic E-state index is 11.9. The van der Waals surface area contributed by atoms with Crippen LogP contribution in [-0.2, 0) is 12.7 Å². The third-order valence-electron chi connectivity index (χ3n) is 3.41. The molecule has 1 fully saturated rings. The number of fused-ring (bicyclic) bond motifs is 1. The first-order valence-electron chi connectivity index (χ1n) is 7.71. The number of aromatic nitrogens is 2. The van der Waals surface area contributed by atoms with Crippen molar-refractivity contribution in [3.63, 3.8) is 0 Å². The number of aliphatic hydroxyl groups is 1. The molecule has 1 aromatic carbocycles. The summed E-state index contributed by atoms with van der Waals surface area (Å²) in [7, 11) is 2.33. The molecule has 3 N–H and O–H groups in total. The average Bonchev–Trinajstić information content (AvgIpc) is 3.25. The van der Waals surface area contributed by atoms with E-state index in [1.165, 1.54) is 37.0 Å². The highest BCUT2D eigenvalue weighted by Gasteiger charge is 2.29. The van der Waals surface area contributed by atoms with Crippen LogP contribution in [0.15, 0.2) is 30.5 Å². The standard InChI is InChI=1S/C7H6F3P.C6H9N3O.C3H6/c8-7(9,10)5-1-3-6(11)4-2-5;10-3-5-6-4(1-7-5)2-8-9-6;1-2-3-1/h1-4H,11H2;2,5,7,10H,1,3H2,(H,8,9);1-3H2. The summed E-state index contributed by atoms with van der Waals surface area (Å²) in [5, 5.41) is 19.4. The summed E-state index contributed by atoms with van der Waals surface area (Å²) < 4.78 is 35.7. The van der Waals surface area contributed by atoms with E-state index in [9.17, 15) is 13.2 Å². The van der Waals surface area contributed by atoms with Crippen molar-refractivity contribution in [2.24, 2.45) is 0 Å². The van der Waals surface area contributed by atoms with E-state index in [1.54, 1.807) is 6.20 Å². The summed E-state index contributed by atoms with van der Waals surface area (Å²) in [6.45, 7) is 0.951. The largest absolute Gasteiger partial charge is 0.416 e. The molecule has 0 bridgehead atoms. The van der Waals surface area contributed by atoms with Gasteiger partial charge in [0.05, 0.1) is 30.1 Å². The number of hydrogen-bond acceptors (Lipinski definition) is 3. The van der Waals surface area contributed by atoms with Gasteiger partial charge in [0, 0.05) is 12.1 Å². The van der Waals surface area contributed by atoms with E-state index in [0.29, 0.717) is 0 Å². The third kappa shape index (κ3) is 5.89. The summed E-state index contributed by atoms with van der Waals surface area (Å²) >= 11 is 0. The van der Waals surface area contributed by atoms with Gasteiger partial charge in [0.2, 0.25) is 0 Å². The van der Waals surface area contributed by atoms with E-state index < -0.39 is 11.7 Å². The Labute approximate surface area is 141 Å². The number of halogens is 3. The topological polar surface area (TPSA) is 60.9 Å². The fraction of sp³-hybridized carbons (Fsp3) is 0.438. The first kappa shape index (κ1) is 18.9. The molecule has 132 valence electrons. The number of H-pyrrole nitrogens is 1. The maximum absolute atomic E-state index is 11.9. The van der Waals surface area contributed by atoms with Crippen LogP contribution in [-0.4, -0.2) is 21.9 Å². The Balaban J connectivity index is 0.000000148. The Morgan fingerprint density at radius 1 is 1.17 bits per heavy atom. The van der Waals surface area contributed by atoms with Crippen LogP contribution in [0, 0.1) is 0 Å². The summed E-state index contributed by atoms with van der Waals surface area (Å²) in [6.07, 6.45) is 2.07. The van der Waals surface area contributed by atoms with Gasteiger partial charge < -0.3 is 10.4 Å². The molecule has 0 saturated heterocycles. The van der Waals surface area contributed by atoms with E-state index in [1.807, 2.05) is 0 Å². The molecule has 1 aromatic heterocycles. The van der Waals surface area contributed by atoms with E-state index in [-0.39, 0.29) is 12.6 Å². The lowest BCUT2D eigenvalue weighted by Gasteiger charge is -2.05. The molecule has 2 aliphatic rings. The first-order chi connectivity index (χ1) is 11.4. The van der Waals surface area contributed by atoms with Crippen molar-refractivity contribution in [2.45, 2.75) is 38.0 Å². The number of aromatic amines is 1. The summed E-state index contributed by atoms with van der Waals surface area (Å²) in [5.41, 5.74) is 1.59. The summed E-state index contributed by atoms with van der Waals surface area (Å²) in [6, 6.07) is 5.00. The summed E-state index contributed by atoms with van der Waals surface area (Å²) in [4.78, 5) is 0. The molecular formula is C16H21F3N3OP. The van der Waals surface area contributed by atoms with Crippen LogP contribution in [0.25, 0.3) is 0 Å². The number of aliphatic hydroxyl groups excluding tert-OH is 1. The Morgan fingerprint density at radius 3 is 2.29 bits per heavy atom. The van der Waals surface area contributed by atoms with Crippen molar-refractivity contribution in [1.82, 2.24) is 15.5 Å². The molecule has 1 aliphatic carbocycles. The zero-order chi connectivity index (χ0) is 17.6. The molecule has 4 rings (SSSR count). The first-order valence-corrected chi connectivity index (χ1v) is 8.28. The van der Waals surface area contributed by atoms with Crippen molar-refractivity contribution in [3.05, 3.63) is 47.3 Å². The lowest BCUT2D eigenvalue weighted by Crippen LogP contribution is -2.16. The highest BCUT2D eigenvalue weighted by Crippen LogP contribution is 2.28. The van der Waals surface area contributed by atoms with Gasteiger partial charge in [-0.3, -0.25) is 5.10 Å². The number of hydrogen-bond donors (Lipinski definition) is 3. The predicted molar refractivity (Wildman–Crippen MR) is 89.9 cm³/mol. The predicted octanol–water partition coefficient (Wildman–Crippen LogP) is 2.92. The molecule has 0 amide bonds. The van der Waals surface area contributed by atoms with Crippen molar-refractivity contribution in [1.29, 1.82) is 0 Å². The zero-order valence-corrected chi connectivity index (χ0v) is 14.3. The van der Waals surface area contributed by atoms with Crippen molar-refractivity contribution >= 4 is 14.5 Å². The van der Waals surface area contributed by atoms with Crippen LogP contribution in [0.3, 0.4) is 0 Å². The van der Waals surface area contributed by atoms with Gasteiger partial charge in [0.1, 0.15) is 0 Å². The van der Waals surface area contributed by atoms with Crippen LogP contribution < -0.4 is 10.6 Å². The van der Waals surface area contributed by atoms with Crippen LogP contribution in [0.1, 0.15) is 42.1 Å². The van der Waals surface area contributed by atoms with E-state index in [0.717, 1.165) is 29.7 Å². The number of rotatable bonds is 1. The molecule has 8 heteroatoms. The molecule has 1 aliphatic heterocycles. The lowest BCUT2D eigenvalue weighted by atomic mass is 10.2. The molecule has 0 radical (unpaired) electrons. The van der Waals surface area contributed by atoms with Gasteiger partial charge in [-0.2, -0.15) is 18.3 Å². The minimum absolute atomic E-state index is 0.0671. The number of nitrogens with zero attached hydrogens (tertiary/aromatic N) is 1. The Morgan fingerprint density at radius 2 is 1.79 bits per heavy atom. The number of nitrogens with one attached hydrogen (secondary N) is 2. The average molecular weight is 359 g/mol. The van der Waals surface area contributed by atoms with Gasteiger partial charge in [-0.05, 0) is 17.4 Å². The monoisotopic (exact) mass is 359 g/mol. The van der Waals surface area contributed by atoms with Crippen molar-refractivity contribution < 1.29 is 18.3 Å². The van der Waals surface area contributed by atoms with Gasteiger partial charge in [-0.15, -0.1) is 9.24 Å². The quantitative estimate of drug-likeness (QED) is 0.686. The Bertz CT molecular complexity index is 623. The van der Waals surface area contributed by atoms with Gasteiger partial charge in [0.25, 0.3) is 0 Å². The second-order valence-corrected chi connectivity index (χ2v) is 6.27. The van der Waals surface area contributed by atoms with E-state index in [4.69, 9.17) is 5.11 Å². The van der Waals surface area contributed by atoms with Crippen LogP contribution in [0.5, 0.6) is 0 Å². The van der Waals surface area contributed by atoms with Crippen LogP contribution in [0.2, 0.25) is 0 Å². The second kappa shape index (κ2) is 8.60. The Kier molecular flexibility index (Phi) is 6.78. The van der Waals surface area contributed by atoms with Crippen molar-refractivity contribution in [2.75, 3.05) is 6.61 Å². The molecule has 2 heterocycles. The minimum atomic E-state index is -4.22. The van der Waals surface area contributed by atoms with Crippen molar-refractivity contribution in [3.8, 4) is 0 Å². The van der Waals surface area contributed by atoms with Crippen LogP contribution in [0.4, 0.5) is 13.2 Å². The number of alkyl halides is 3. The molecule has 24 heavy (non-hydrogen) atoms. The molecular weight excluding hydrogens is 338 g/mol. The van der Waals surface area contributed by atoms with Crippen LogP contribution >= 0.6 is 9.24 Å². The van der Waals surface area contributed by atoms with Gasteiger partial charge in [-0.1, -0.05) is 31.4 Å². The molecule has 2 aromatic rings. The van der Waals surface area contributed by atoms with E-state index in [2.05, 4.69) is 24.8 Å². The maximum Gasteiger partial charge on any atom is 0.416 e. The zero-order valence-electron chi connectivity index (χ0n) is 13.1. The lowest BCUT2D eigenvalue weighted by molar-refractivity contribution is -0.137. The molecule has 4 nitrogen and oxygen atoms in total. The second-order valence-electron chi connectivity index (χ2n) is 5.61. The Hall–Kier alpha value is -1.43. The highest BCUT2D eigenvalue weighted by atomic mass is 31.0. The van der Waals surface area contributed by atoms with Gasteiger partial charge in [-0.25, -0.2) is 0 Å². The smallest absolute Gasteiger partial charge is 0.394 e. The fourth-order valence-electron chi connectivity index (χ4n) is 1.93. The highest BCUT2D eigenvalue weighted by molar-refractivity contribution is 7.27. The van der Waals surface area contributed by atoms with Gasteiger partial charge in [0.15, 0.2) is 0 Å². The molecule has 0 spiro atoms. The van der Waals surface area contributed by atoms with Gasteiger partial charge >= 0.3 is 6.18 Å². The normalized spacial score (nSPS) is 18.0. The molecule has 2 unspecified atom stereocenters. The third-order valence-corrected chi connectivity index (χ3v) is 3.80. The van der Waals surface area contributed by atoms with E-state index >= 15 is 0 Å². The number of benzene rings is 1. The summed E-state index contributed by atoms with van der Waals surface area (Å²) in [5.74, 6) is 0.